The zero-order valence-electron chi connectivity index (χ0n) is 15.4. The molecule has 2 N–H and O–H groups in total. The van der Waals surface area contributed by atoms with E-state index < -0.39 is 0 Å². The van der Waals surface area contributed by atoms with E-state index in [4.69, 9.17) is 4.74 Å². The smallest absolute Gasteiger partial charge is 0.232 e. The molecule has 0 saturated heterocycles. The standard InChI is InChI=1S/C17H24N6O2/c1-10(2)15-20-16(22-17(21-15)23(4)5)19-12-7-8-14(25-6)13(9-12)18-11(3)24/h7-10H,1-6H3,(H,18,24)(H,19,20,21,22). The van der Waals surface area contributed by atoms with Gasteiger partial charge in [-0.1, -0.05) is 13.8 Å². The Morgan fingerprint density at radius 1 is 1.20 bits per heavy atom. The van der Waals surface area contributed by atoms with Crippen LogP contribution in [-0.2, 0) is 4.79 Å². The number of rotatable bonds is 6. The first kappa shape index (κ1) is 18.4. The number of ether oxygens (including phenoxy) is 1. The third kappa shape index (κ3) is 4.79. The van der Waals surface area contributed by atoms with Crippen LogP contribution in [0.15, 0.2) is 18.2 Å². The SMILES string of the molecule is COc1ccc(Nc2nc(C(C)C)nc(N(C)C)n2)cc1NC(C)=O. The molecule has 0 bridgehead atoms. The summed E-state index contributed by atoms with van der Waals surface area (Å²) in [5, 5.41) is 5.91. The van der Waals surface area contributed by atoms with Crippen molar-refractivity contribution < 1.29 is 9.53 Å². The molecule has 134 valence electrons. The summed E-state index contributed by atoms with van der Waals surface area (Å²) in [4.78, 5) is 26.5. The molecule has 1 amide bonds. The molecular formula is C17H24N6O2. The maximum Gasteiger partial charge on any atom is 0.232 e. The minimum Gasteiger partial charge on any atom is -0.495 e. The fourth-order valence-electron chi connectivity index (χ4n) is 2.10. The molecule has 2 aromatic rings. The number of nitrogens with zero attached hydrogens (tertiary/aromatic N) is 4. The van der Waals surface area contributed by atoms with Crippen molar-refractivity contribution in [2.75, 3.05) is 36.7 Å². The van der Waals surface area contributed by atoms with Crippen LogP contribution in [-0.4, -0.2) is 42.1 Å². The number of aromatic nitrogens is 3. The molecule has 8 heteroatoms. The topological polar surface area (TPSA) is 92.3 Å². The van der Waals surface area contributed by atoms with Crippen molar-refractivity contribution in [1.29, 1.82) is 0 Å². The summed E-state index contributed by atoms with van der Waals surface area (Å²) in [7, 11) is 5.31. The van der Waals surface area contributed by atoms with Crippen LogP contribution in [0.3, 0.4) is 0 Å². The minimum absolute atomic E-state index is 0.174. The molecule has 0 fully saturated rings. The number of methoxy groups -OCH3 is 1. The van der Waals surface area contributed by atoms with Gasteiger partial charge in [-0.2, -0.15) is 15.0 Å². The maximum atomic E-state index is 11.4. The van der Waals surface area contributed by atoms with Crippen molar-refractivity contribution in [3.63, 3.8) is 0 Å². The maximum absolute atomic E-state index is 11.4. The monoisotopic (exact) mass is 344 g/mol. The number of amides is 1. The van der Waals surface area contributed by atoms with Gasteiger partial charge in [-0.15, -0.1) is 0 Å². The fourth-order valence-corrected chi connectivity index (χ4v) is 2.10. The molecule has 0 atom stereocenters. The van der Waals surface area contributed by atoms with Gasteiger partial charge in [-0.3, -0.25) is 4.79 Å². The van der Waals surface area contributed by atoms with Crippen molar-refractivity contribution in [2.45, 2.75) is 26.7 Å². The van der Waals surface area contributed by atoms with Gasteiger partial charge in [0.15, 0.2) is 0 Å². The van der Waals surface area contributed by atoms with Crippen LogP contribution in [0, 0.1) is 0 Å². The molecule has 0 radical (unpaired) electrons. The van der Waals surface area contributed by atoms with Crippen LogP contribution in [0.1, 0.15) is 32.5 Å². The summed E-state index contributed by atoms with van der Waals surface area (Å²) < 4.78 is 5.26. The molecule has 2 rings (SSSR count). The van der Waals surface area contributed by atoms with Crippen LogP contribution in [0.5, 0.6) is 5.75 Å². The molecular weight excluding hydrogens is 320 g/mol. The van der Waals surface area contributed by atoms with E-state index in [-0.39, 0.29) is 11.8 Å². The molecule has 0 aliphatic rings. The quantitative estimate of drug-likeness (QED) is 0.832. The number of benzene rings is 1. The first-order chi connectivity index (χ1) is 11.8. The van der Waals surface area contributed by atoms with E-state index in [1.54, 1.807) is 19.2 Å². The van der Waals surface area contributed by atoms with E-state index in [0.29, 0.717) is 29.2 Å². The Kier molecular flexibility index (Phi) is 5.74. The number of carbonyl (C=O) groups excluding carboxylic acids is 1. The summed E-state index contributed by atoms with van der Waals surface area (Å²) in [5.74, 6) is 2.31. The predicted molar refractivity (Wildman–Crippen MR) is 98.8 cm³/mol. The Balaban J connectivity index is 2.37. The van der Waals surface area contributed by atoms with Gasteiger partial charge < -0.3 is 20.3 Å². The Hall–Kier alpha value is -2.90. The van der Waals surface area contributed by atoms with Crippen molar-refractivity contribution in [2.24, 2.45) is 0 Å². The molecule has 8 nitrogen and oxygen atoms in total. The van der Waals surface area contributed by atoms with Gasteiger partial charge in [0.05, 0.1) is 12.8 Å². The van der Waals surface area contributed by atoms with Gasteiger partial charge in [0.1, 0.15) is 11.6 Å². The first-order valence-corrected chi connectivity index (χ1v) is 7.96. The van der Waals surface area contributed by atoms with E-state index >= 15 is 0 Å². The van der Waals surface area contributed by atoms with Crippen LogP contribution in [0.2, 0.25) is 0 Å². The van der Waals surface area contributed by atoms with Crippen molar-refractivity contribution in [3.05, 3.63) is 24.0 Å². The highest BCUT2D eigenvalue weighted by Crippen LogP contribution is 2.29. The lowest BCUT2D eigenvalue weighted by Gasteiger charge is -2.15. The second-order valence-electron chi connectivity index (χ2n) is 6.09. The second-order valence-corrected chi connectivity index (χ2v) is 6.09. The summed E-state index contributed by atoms with van der Waals surface area (Å²) in [5.41, 5.74) is 1.31. The number of carbonyl (C=O) groups is 1. The highest BCUT2D eigenvalue weighted by Gasteiger charge is 2.12. The number of nitrogens with one attached hydrogen (secondary N) is 2. The van der Waals surface area contributed by atoms with E-state index in [1.807, 2.05) is 38.9 Å². The van der Waals surface area contributed by atoms with E-state index in [2.05, 4.69) is 25.6 Å². The third-order valence-corrected chi connectivity index (χ3v) is 3.32. The summed E-state index contributed by atoms with van der Waals surface area (Å²) in [6.07, 6.45) is 0. The normalized spacial score (nSPS) is 10.5. The van der Waals surface area contributed by atoms with Crippen molar-refractivity contribution in [3.8, 4) is 5.75 Å². The molecule has 1 heterocycles. The zero-order valence-corrected chi connectivity index (χ0v) is 15.4. The summed E-state index contributed by atoms with van der Waals surface area (Å²) >= 11 is 0. The van der Waals surface area contributed by atoms with Crippen LogP contribution in [0.4, 0.5) is 23.3 Å². The zero-order chi connectivity index (χ0) is 18.6. The highest BCUT2D eigenvalue weighted by atomic mass is 16.5. The second kappa shape index (κ2) is 7.78. The van der Waals surface area contributed by atoms with Gasteiger partial charge >= 0.3 is 0 Å². The van der Waals surface area contributed by atoms with Crippen molar-refractivity contribution >= 4 is 29.2 Å². The van der Waals surface area contributed by atoms with Gasteiger partial charge in [0, 0.05) is 32.6 Å². The lowest BCUT2D eigenvalue weighted by Crippen LogP contribution is -2.16. The third-order valence-electron chi connectivity index (χ3n) is 3.32. The van der Waals surface area contributed by atoms with Crippen LogP contribution < -0.4 is 20.3 Å². The van der Waals surface area contributed by atoms with E-state index in [9.17, 15) is 4.79 Å². The predicted octanol–water partition coefficient (Wildman–Crippen LogP) is 2.77. The molecule has 1 aromatic heterocycles. The Morgan fingerprint density at radius 2 is 1.92 bits per heavy atom. The highest BCUT2D eigenvalue weighted by molar-refractivity contribution is 5.91. The van der Waals surface area contributed by atoms with E-state index in [0.717, 1.165) is 5.69 Å². The lowest BCUT2D eigenvalue weighted by molar-refractivity contribution is -0.114. The molecule has 0 saturated carbocycles. The lowest BCUT2D eigenvalue weighted by atomic mass is 10.2. The number of anilines is 4. The Labute approximate surface area is 147 Å². The average molecular weight is 344 g/mol. The molecule has 0 aliphatic carbocycles. The molecule has 0 aliphatic heterocycles. The van der Waals surface area contributed by atoms with Crippen LogP contribution >= 0.6 is 0 Å². The van der Waals surface area contributed by atoms with Gasteiger partial charge in [-0.05, 0) is 18.2 Å². The number of hydrogen-bond donors (Lipinski definition) is 2. The molecule has 1 aromatic carbocycles. The largest absolute Gasteiger partial charge is 0.495 e. The van der Waals surface area contributed by atoms with Gasteiger partial charge in [0.25, 0.3) is 0 Å². The first-order valence-electron chi connectivity index (χ1n) is 7.96. The van der Waals surface area contributed by atoms with Crippen molar-refractivity contribution in [1.82, 2.24) is 15.0 Å². The summed E-state index contributed by atoms with van der Waals surface area (Å²) in [6.45, 7) is 5.51. The molecule has 0 unspecified atom stereocenters. The molecule has 25 heavy (non-hydrogen) atoms. The Morgan fingerprint density at radius 3 is 2.48 bits per heavy atom. The summed E-state index contributed by atoms with van der Waals surface area (Å²) in [6, 6.07) is 5.37. The average Bonchev–Trinajstić information content (AvgIpc) is 2.54. The van der Waals surface area contributed by atoms with Crippen LogP contribution in [0.25, 0.3) is 0 Å². The number of hydrogen-bond acceptors (Lipinski definition) is 7. The van der Waals surface area contributed by atoms with E-state index in [1.165, 1.54) is 6.92 Å². The Bertz CT molecular complexity index is 735. The fraction of sp³-hybridized carbons (Fsp3) is 0.412. The van der Waals surface area contributed by atoms with Gasteiger partial charge in [0.2, 0.25) is 17.8 Å². The molecule has 0 spiro atoms. The van der Waals surface area contributed by atoms with Gasteiger partial charge in [-0.25, -0.2) is 0 Å². The minimum atomic E-state index is -0.174.